The maximum Gasteiger partial charge on any atom is 0.309 e. The lowest BCUT2D eigenvalue weighted by atomic mass is 9.89. The Bertz CT molecular complexity index is 462. The minimum Gasteiger partial charge on any atom is -0.481 e. The van der Waals surface area contributed by atoms with Crippen molar-refractivity contribution in [3.05, 3.63) is 15.5 Å². The van der Waals surface area contributed by atoms with Crippen molar-refractivity contribution in [3.63, 3.8) is 0 Å². The highest BCUT2D eigenvalue weighted by Crippen LogP contribution is 2.38. The molecule has 92 valence electrons. The molecular formula is C10H11ClN2O3S. The number of aliphatic carboxylic acids is 1. The number of carboxylic acid groups (broad SMARTS) is 1. The molecule has 1 aromatic rings. The molecule has 5 nitrogen and oxygen atoms in total. The number of hydrogen-bond acceptors (Lipinski definition) is 4. The van der Waals surface area contributed by atoms with Crippen molar-refractivity contribution in [2.24, 2.45) is 5.92 Å². The quantitative estimate of drug-likeness (QED) is 0.893. The lowest BCUT2D eigenvalue weighted by Gasteiger charge is -2.35. The summed E-state index contributed by atoms with van der Waals surface area (Å²) >= 11 is 7.01. The smallest absolute Gasteiger partial charge is 0.309 e. The summed E-state index contributed by atoms with van der Waals surface area (Å²) < 4.78 is 0.496. The summed E-state index contributed by atoms with van der Waals surface area (Å²) in [5.41, 5.74) is 0. The molecule has 0 radical (unpaired) electrons. The van der Waals surface area contributed by atoms with E-state index in [9.17, 15) is 14.7 Å². The molecule has 1 aliphatic rings. The number of carbonyl (C=O) groups excluding carboxylic acids is 1. The highest BCUT2D eigenvalue weighted by molar-refractivity contribution is 7.15. The summed E-state index contributed by atoms with van der Waals surface area (Å²) in [5.74, 6) is -1.57. The van der Waals surface area contributed by atoms with E-state index in [2.05, 4.69) is 4.98 Å². The van der Waals surface area contributed by atoms with Crippen LogP contribution in [0.15, 0.2) is 6.20 Å². The zero-order chi connectivity index (χ0) is 12.6. The molecule has 0 aliphatic carbocycles. The fourth-order valence-corrected chi connectivity index (χ4v) is 3.18. The lowest BCUT2D eigenvalue weighted by Crippen LogP contribution is -2.42. The molecule has 2 rings (SSSR count). The standard InChI is InChI=1S/C10H11ClN2O3S/c1-13-7(14)3-2-5(10(15)16)8(13)9-12-4-6(11)17-9/h4-5,8H,2-3H2,1H3,(H,15,16). The molecule has 0 spiro atoms. The maximum atomic E-state index is 11.6. The van der Waals surface area contributed by atoms with E-state index in [1.807, 2.05) is 0 Å². The average molecular weight is 275 g/mol. The van der Waals surface area contributed by atoms with Gasteiger partial charge in [0.1, 0.15) is 9.34 Å². The summed E-state index contributed by atoms with van der Waals surface area (Å²) in [6, 6.07) is -0.508. The third kappa shape index (κ3) is 2.28. The minimum atomic E-state index is -0.902. The molecule has 0 bridgehead atoms. The van der Waals surface area contributed by atoms with Crippen LogP contribution in [0.25, 0.3) is 0 Å². The Labute approximate surface area is 107 Å². The van der Waals surface area contributed by atoms with E-state index in [0.717, 1.165) is 0 Å². The van der Waals surface area contributed by atoms with Crippen LogP contribution < -0.4 is 0 Å². The molecule has 17 heavy (non-hydrogen) atoms. The van der Waals surface area contributed by atoms with Crippen LogP contribution in [-0.2, 0) is 9.59 Å². The number of carboxylic acids is 1. The van der Waals surface area contributed by atoms with Crippen molar-refractivity contribution in [1.29, 1.82) is 0 Å². The number of nitrogens with zero attached hydrogens (tertiary/aromatic N) is 2. The molecule has 2 atom stereocenters. The van der Waals surface area contributed by atoms with Crippen molar-refractivity contribution in [3.8, 4) is 0 Å². The van der Waals surface area contributed by atoms with E-state index < -0.39 is 17.9 Å². The molecule has 1 saturated heterocycles. The normalized spacial score (nSPS) is 25.1. The number of thiazole rings is 1. The van der Waals surface area contributed by atoms with Gasteiger partial charge in [0.25, 0.3) is 0 Å². The van der Waals surface area contributed by atoms with Gasteiger partial charge in [-0.25, -0.2) is 4.98 Å². The first-order chi connectivity index (χ1) is 8.00. The topological polar surface area (TPSA) is 70.5 Å². The second kappa shape index (κ2) is 4.62. The molecule has 1 N–H and O–H groups in total. The van der Waals surface area contributed by atoms with Crippen molar-refractivity contribution in [2.45, 2.75) is 18.9 Å². The number of rotatable bonds is 2. The van der Waals surface area contributed by atoms with Gasteiger partial charge >= 0.3 is 5.97 Å². The largest absolute Gasteiger partial charge is 0.481 e. The first-order valence-corrected chi connectivity index (χ1v) is 6.30. The number of aromatic nitrogens is 1. The minimum absolute atomic E-state index is 0.0566. The molecule has 2 unspecified atom stereocenters. The lowest BCUT2D eigenvalue weighted by molar-refractivity contribution is -0.150. The number of piperidine rings is 1. The highest BCUT2D eigenvalue weighted by Gasteiger charge is 2.40. The number of likely N-dealkylation sites (tertiary alicyclic amines) is 1. The van der Waals surface area contributed by atoms with Gasteiger partial charge in [-0.2, -0.15) is 0 Å². The van der Waals surface area contributed by atoms with Crippen LogP contribution in [0.2, 0.25) is 4.34 Å². The highest BCUT2D eigenvalue weighted by atomic mass is 35.5. The van der Waals surface area contributed by atoms with E-state index in [0.29, 0.717) is 15.8 Å². The zero-order valence-corrected chi connectivity index (χ0v) is 10.7. The van der Waals surface area contributed by atoms with E-state index in [1.165, 1.54) is 22.4 Å². The molecular weight excluding hydrogens is 264 g/mol. The summed E-state index contributed by atoms with van der Waals surface area (Å²) in [4.78, 5) is 28.4. The van der Waals surface area contributed by atoms with Crippen LogP contribution in [-0.4, -0.2) is 33.9 Å². The van der Waals surface area contributed by atoms with Crippen molar-refractivity contribution in [2.75, 3.05) is 7.05 Å². The summed E-state index contributed by atoms with van der Waals surface area (Å²) in [7, 11) is 1.61. The second-order valence-corrected chi connectivity index (χ2v) is 5.63. The summed E-state index contributed by atoms with van der Waals surface area (Å²) in [5, 5.41) is 9.77. The van der Waals surface area contributed by atoms with Gasteiger partial charge in [0.15, 0.2) is 0 Å². The van der Waals surface area contributed by atoms with E-state index in [4.69, 9.17) is 11.6 Å². The van der Waals surface area contributed by atoms with Crippen LogP contribution in [0.1, 0.15) is 23.9 Å². The summed E-state index contributed by atoms with van der Waals surface area (Å²) in [6.45, 7) is 0. The Morgan fingerprint density at radius 1 is 1.71 bits per heavy atom. The van der Waals surface area contributed by atoms with Gasteiger partial charge in [0.05, 0.1) is 18.2 Å². The van der Waals surface area contributed by atoms with Crippen molar-refractivity contribution >= 4 is 34.8 Å². The predicted octanol–water partition coefficient (Wildman–Crippen LogP) is 1.79. The molecule has 1 fully saturated rings. The van der Waals surface area contributed by atoms with Gasteiger partial charge in [-0.05, 0) is 6.42 Å². The van der Waals surface area contributed by atoms with Gasteiger partial charge in [0, 0.05) is 13.5 Å². The Morgan fingerprint density at radius 3 is 2.94 bits per heavy atom. The van der Waals surface area contributed by atoms with Crippen molar-refractivity contribution in [1.82, 2.24) is 9.88 Å². The number of halogens is 1. The molecule has 1 amide bonds. The van der Waals surface area contributed by atoms with Gasteiger partial charge in [0.2, 0.25) is 5.91 Å². The third-order valence-electron chi connectivity index (χ3n) is 2.93. The van der Waals surface area contributed by atoms with Gasteiger partial charge in [-0.1, -0.05) is 11.6 Å². The number of carbonyl (C=O) groups is 2. The molecule has 2 heterocycles. The third-order valence-corrected chi connectivity index (χ3v) is 4.11. The maximum absolute atomic E-state index is 11.6. The first-order valence-electron chi connectivity index (χ1n) is 5.10. The Hall–Kier alpha value is -1.14. The van der Waals surface area contributed by atoms with E-state index >= 15 is 0 Å². The van der Waals surface area contributed by atoms with E-state index in [1.54, 1.807) is 7.05 Å². The van der Waals surface area contributed by atoms with Crippen molar-refractivity contribution < 1.29 is 14.7 Å². The van der Waals surface area contributed by atoms with Gasteiger partial charge < -0.3 is 10.0 Å². The number of amides is 1. The fourth-order valence-electron chi connectivity index (χ4n) is 2.04. The first kappa shape index (κ1) is 12.3. The molecule has 1 aromatic heterocycles. The molecule has 0 saturated carbocycles. The van der Waals surface area contributed by atoms with Gasteiger partial charge in [-0.3, -0.25) is 9.59 Å². The predicted molar refractivity (Wildman–Crippen MR) is 63.0 cm³/mol. The number of hydrogen-bond donors (Lipinski definition) is 1. The second-order valence-electron chi connectivity index (χ2n) is 3.94. The zero-order valence-electron chi connectivity index (χ0n) is 9.09. The average Bonchev–Trinajstić information content (AvgIpc) is 2.68. The monoisotopic (exact) mass is 274 g/mol. The van der Waals surface area contributed by atoms with Crippen LogP contribution in [0.5, 0.6) is 0 Å². The van der Waals surface area contributed by atoms with E-state index in [-0.39, 0.29) is 12.3 Å². The Balaban J connectivity index is 2.36. The van der Waals surface area contributed by atoms with Crippen LogP contribution in [0, 0.1) is 5.92 Å². The van der Waals surface area contributed by atoms with Crippen LogP contribution in [0.3, 0.4) is 0 Å². The molecule has 7 heteroatoms. The summed E-state index contributed by atoms with van der Waals surface area (Å²) in [6.07, 6.45) is 2.09. The van der Waals surface area contributed by atoms with Crippen LogP contribution >= 0.6 is 22.9 Å². The SMILES string of the molecule is CN1C(=O)CCC(C(=O)O)C1c1ncc(Cl)s1. The Morgan fingerprint density at radius 2 is 2.41 bits per heavy atom. The Kier molecular flexibility index (Phi) is 3.35. The molecule has 1 aliphatic heterocycles. The molecule has 0 aromatic carbocycles. The van der Waals surface area contributed by atoms with Gasteiger partial charge in [-0.15, -0.1) is 11.3 Å². The van der Waals surface area contributed by atoms with Crippen LogP contribution in [0.4, 0.5) is 0 Å². The fraction of sp³-hybridized carbons (Fsp3) is 0.500.